The van der Waals surface area contributed by atoms with Crippen molar-refractivity contribution in [3.05, 3.63) is 0 Å². The Kier molecular flexibility index (Phi) is 23.6. The van der Waals surface area contributed by atoms with Crippen molar-refractivity contribution in [2.75, 3.05) is 0 Å². The van der Waals surface area contributed by atoms with E-state index in [4.69, 9.17) is 19.2 Å². The Morgan fingerprint density at radius 2 is 0.750 bits per heavy atom. The summed E-state index contributed by atoms with van der Waals surface area (Å²) in [6.07, 6.45) is 0. The van der Waals surface area contributed by atoms with E-state index in [0.29, 0.717) is 0 Å². The third-order valence-corrected chi connectivity index (χ3v) is 0. The maximum atomic E-state index is 8.58. The maximum Gasteiger partial charge on any atom is 2.00 e. The van der Waals surface area contributed by atoms with Crippen LogP contribution in [0.15, 0.2) is 0 Å². The van der Waals surface area contributed by atoms with E-state index in [9.17, 15) is 0 Å². The van der Waals surface area contributed by atoms with Gasteiger partial charge in [-0.25, -0.2) is 0 Å². The molecule has 0 amide bonds. The van der Waals surface area contributed by atoms with Gasteiger partial charge in [-0.1, -0.05) is 0 Å². The van der Waals surface area contributed by atoms with E-state index in [1.54, 1.807) is 0 Å². The van der Waals surface area contributed by atoms with E-state index < -0.39 is 9.05 Å². The molecule has 0 radical (unpaired) electrons. The van der Waals surface area contributed by atoms with Gasteiger partial charge in [-0.3, -0.25) is 0 Å². The fourth-order valence-corrected chi connectivity index (χ4v) is 0. The van der Waals surface area contributed by atoms with Crippen molar-refractivity contribution in [1.82, 2.24) is 0 Å². The molecule has 0 saturated heterocycles. The molecule has 0 saturated carbocycles. The first-order valence-electron chi connectivity index (χ1n) is 0.816. The Balaban J connectivity index is -0.0000000267. The topological polar surface area (TPSA) is 124 Å². The summed E-state index contributed by atoms with van der Waals surface area (Å²) in [4.78, 5) is 34.3. The van der Waals surface area contributed by atoms with Crippen molar-refractivity contribution < 1.29 is 63.6 Å². The van der Waals surface area contributed by atoms with Gasteiger partial charge in [0.05, 0.1) is 0 Å². The molecule has 5 nitrogen and oxygen atoms in total. The van der Waals surface area contributed by atoms with Crippen LogP contribution in [0.3, 0.4) is 0 Å². The number of hydrogen-bond donors (Lipinski definition) is 0. The molecule has 8 heteroatoms. The summed E-state index contributed by atoms with van der Waals surface area (Å²) in [6, 6.07) is 0. The van der Waals surface area contributed by atoms with Gasteiger partial charge in [0.25, 0.3) is 0 Å². The molecule has 0 spiro atoms. The predicted octanol–water partition coefficient (Wildman–Crippen LogP) is -5.97. The van der Waals surface area contributed by atoms with Crippen molar-refractivity contribution >= 4 is 9.05 Å². The molecular weight excluding hydrogens is 239 g/mol. The van der Waals surface area contributed by atoms with E-state index in [-0.39, 0.29) is 44.4 Å². The zero-order valence-corrected chi connectivity index (χ0v) is 11.0. The van der Waals surface area contributed by atoms with E-state index >= 15 is 0 Å². The van der Waals surface area contributed by atoms with Gasteiger partial charge in [0.15, 0.2) is 0 Å². The third kappa shape index (κ3) is 178. The fourth-order valence-electron chi connectivity index (χ4n) is 0. The SMILES string of the molecule is O.[O-][Si]([O-])([O-])[O-].[Zn+2].[Zn+2]. The third-order valence-electron chi connectivity index (χ3n) is 0. The Morgan fingerprint density at radius 1 is 0.750 bits per heavy atom. The molecule has 0 bridgehead atoms. The fraction of sp³-hybridized carbons (Fsp3) is 0. The van der Waals surface area contributed by atoms with Gasteiger partial charge in [0, 0.05) is 0 Å². The summed E-state index contributed by atoms with van der Waals surface area (Å²) in [6.45, 7) is 0. The Hall–Kier alpha value is 1.26. The average Bonchev–Trinajstić information content (AvgIpc) is 0.722. The molecule has 0 heterocycles. The average molecular weight is 241 g/mol. The van der Waals surface area contributed by atoms with E-state index in [1.807, 2.05) is 0 Å². The summed E-state index contributed by atoms with van der Waals surface area (Å²) >= 11 is 0. The van der Waals surface area contributed by atoms with Gasteiger partial charge < -0.3 is 33.7 Å². The molecule has 0 aliphatic heterocycles. The molecule has 2 N–H and O–H groups in total. The van der Waals surface area contributed by atoms with Crippen molar-refractivity contribution in [3.8, 4) is 0 Å². The molecule has 40 valence electrons. The summed E-state index contributed by atoms with van der Waals surface area (Å²) in [5.74, 6) is 0. The van der Waals surface area contributed by atoms with Crippen LogP contribution in [0.4, 0.5) is 0 Å². The standard InChI is InChI=1S/O4Si.H2O.2Zn/c1-5(2,3)4;;;/h;1H2;;/q-4;;2*+2. The van der Waals surface area contributed by atoms with Crippen LogP contribution < -0.4 is 19.2 Å². The molecule has 0 rings (SSSR count). The van der Waals surface area contributed by atoms with Crippen LogP contribution in [0.2, 0.25) is 0 Å². The van der Waals surface area contributed by atoms with Crippen LogP contribution in [0.25, 0.3) is 0 Å². The van der Waals surface area contributed by atoms with Crippen LogP contribution in [-0.2, 0) is 39.0 Å². The minimum absolute atomic E-state index is 0. The first-order valence-corrected chi connectivity index (χ1v) is 2.45. The number of rotatable bonds is 0. The van der Waals surface area contributed by atoms with Gasteiger partial charge >= 0.3 is 39.0 Å². The minimum Gasteiger partial charge on any atom is -0.894 e. The first kappa shape index (κ1) is 22.8. The second kappa shape index (κ2) is 8.26. The quantitative estimate of drug-likeness (QED) is 0.391. The molecular formula is H2O5SiZn2. The van der Waals surface area contributed by atoms with Crippen LogP contribution in [-0.4, -0.2) is 14.5 Å². The van der Waals surface area contributed by atoms with Gasteiger partial charge in [-0.2, -0.15) is 0 Å². The van der Waals surface area contributed by atoms with Gasteiger partial charge in [-0.15, -0.1) is 0 Å². The monoisotopic (exact) mass is 238 g/mol. The summed E-state index contributed by atoms with van der Waals surface area (Å²) in [5.41, 5.74) is 0. The van der Waals surface area contributed by atoms with E-state index in [2.05, 4.69) is 0 Å². The maximum absolute atomic E-state index is 8.58. The van der Waals surface area contributed by atoms with Crippen LogP contribution in [0.1, 0.15) is 0 Å². The molecule has 0 atom stereocenters. The van der Waals surface area contributed by atoms with Gasteiger partial charge in [0.2, 0.25) is 0 Å². The Bertz CT molecular complexity index is 25.9. The Morgan fingerprint density at radius 3 is 0.750 bits per heavy atom. The molecule has 0 aromatic carbocycles. The molecule has 0 aromatic heterocycles. The summed E-state index contributed by atoms with van der Waals surface area (Å²) in [5, 5.41) is 0. The first-order chi connectivity index (χ1) is 2.00. The molecule has 8 heavy (non-hydrogen) atoms. The predicted molar refractivity (Wildman–Crippen MR) is 9.37 cm³/mol. The van der Waals surface area contributed by atoms with E-state index in [0.717, 1.165) is 0 Å². The Labute approximate surface area is 72.7 Å². The normalized spacial score (nSPS) is 7.50. The van der Waals surface area contributed by atoms with Gasteiger partial charge in [0.1, 0.15) is 0 Å². The number of hydrogen-bond acceptors (Lipinski definition) is 4. The van der Waals surface area contributed by atoms with Crippen molar-refractivity contribution in [2.45, 2.75) is 0 Å². The van der Waals surface area contributed by atoms with Crippen LogP contribution >= 0.6 is 0 Å². The molecule has 0 fully saturated rings. The largest absolute Gasteiger partial charge is 2.00 e. The zero-order valence-electron chi connectivity index (χ0n) is 4.05. The van der Waals surface area contributed by atoms with Crippen molar-refractivity contribution in [2.24, 2.45) is 0 Å². The van der Waals surface area contributed by atoms with Crippen molar-refractivity contribution in [1.29, 1.82) is 0 Å². The second-order valence-electron chi connectivity index (χ2n) is 0.500. The zero-order chi connectivity index (χ0) is 4.50. The molecule has 0 aromatic rings. The van der Waals surface area contributed by atoms with E-state index in [1.165, 1.54) is 0 Å². The van der Waals surface area contributed by atoms with Crippen molar-refractivity contribution in [3.63, 3.8) is 0 Å². The van der Waals surface area contributed by atoms with Crippen LogP contribution in [0, 0.1) is 0 Å². The molecule has 0 unspecified atom stereocenters. The van der Waals surface area contributed by atoms with Gasteiger partial charge in [-0.05, 0) is 0 Å². The summed E-state index contributed by atoms with van der Waals surface area (Å²) < 4.78 is 0. The molecule has 0 aliphatic carbocycles. The van der Waals surface area contributed by atoms with Crippen LogP contribution in [0.5, 0.6) is 0 Å². The summed E-state index contributed by atoms with van der Waals surface area (Å²) in [7, 11) is -5.61. The smallest absolute Gasteiger partial charge is 0.894 e. The molecule has 0 aliphatic rings. The minimum atomic E-state index is -5.61. The second-order valence-corrected chi connectivity index (χ2v) is 1.50.